The molecule has 1 amide bonds. The monoisotopic (exact) mass is 184 g/mol. The molecule has 4 nitrogen and oxygen atoms in total. The van der Waals surface area contributed by atoms with E-state index in [1.165, 1.54) is 0 Å². The number of hydrogen-bond acceptors (Lipinski definition) is 3. The normalized spacial score (nSPS) is 14.3. The van der Waals surface area contributed by atoms with Gasteiger partial charge in [0.1, 0.15) is 0 Å². The zero-order valence-electron chi connectivity index (χ0n) is 8.04. The number of carbonyl (C=O) groups is 1. The second kappa shape index (κ2) is 6.46. The molecule has 0 aromatic rings. The zero-order valence-corrected chi connectivity index (χ0v) is 8.04. The molecule has 0 saturated carbocycles. The maximum atomic E-state index is 11.2. The summed E-state index contributed by atoms with van der Waals surface area (Å²) in [5.74, 6) is 2.10. The SMILES string of the molecule is C#CCC(N)C(=O)NCC(C)OC. The van der Waals surface area contributed by atoms with Gasteiger partial charge >= 0.3 is 0 Å². The summed E-state index contributed by atoms with van der Waals surface area (Å²) in [5, 5.41) is 2.63. The van der Waals surface area contributed by atoms with Gasteiger partial charge in [-0.15, -0.1) is 12.3 Å². The van der Waals surface area contributed by atoms with Gasteiger partial charge in [-0.05, 0) is 6.92 Å². The van der Waals surface area contributed by atoms with Crippen LogP contribution in [0, 0.1) is 12.3 Å². The molecule has 0 spiro atoms. The highest BCUT2D eigenvalue weighted by Gasteiger charge is 2.12. The lowest BCUT2D eigenvalue weighted by Crippen LogP contribution is -2.43. The van der Waals surface area contributed by atoms with Gasteiger partial charge in [0.2, 0.25) is 5.91 Å². The Labute approximate surface area is 78.8 Å². The number of ether oxygens (including phenoxy) is 1. The van der Waals surface area contributed by atoms with Gasteiger partial charge in [-0.2, -0.15) is 0 Å². The number of amides is 1. The van der Waals surface area contributed by atoms with Gasteiger partial charge < -0.3 is 15.8 Å². The van der Waals surface area contributed by atoms with Crippen LogP contribution in [0.4, 0.5) is 0 Å². The standard InChI is InChI=1S/C9H16N2O2/c1-4-5-8(10)9(12)11-6-7(2)13-3/h1,7-8H,5-6,10H2,2-3H3,(H,11,12). The van der Waals surface area contributed by atoms with Crippen LogP contribution in [0.25, 0.3) is 0 Å². The second-order valence-corrected chi connectivity index (χ2v) is 2.81. The Bertz CT molecular complexity index is 198. The second-order valence-electron chi connectivity index (χ2n) is 2.81. The van der Waals surface area contributed by atoms with Crippen molar-refractivity contribution in [3.63, 3.8) is 0 Å². The fraction of sp³-hybridized carbons (Fsp3) is 0.667. The van der Waals surface area contributed by atoms with Crippen LogP contribution in [-0.2, 0) is 9.53 Å². The molecule has 0 fully saturated rings. The predicted octanol–water partition coefficient (Wildman–Crippen LogP) is -0.512. The Kier molecular flexibility index (Phi) is 5.94. The average Bonchev–Trinajstić information content (AvgIpc) is 2.13. The van der Waals surface area contributed by atoms with Crippen LogP contribution in [-0.4, -0.2) is 31.7 Å². The number of terminal acetylenes is 1. The van der Waals surface area contributed by atoms with Crippen LogP contribution in [0.5, 0.6) is 0 Å². The molecule has 13 heavy (non-hydrogen) atoms. The van der Waals surface area contributed by atoms with Gasteiger partial charge in [-0.25, -0.2) is 0 Å². The van der Waals surface area contributed by atoms with Gasteiger partial charge in [0.15, 0.2) is 0 Å². The minimum absolute atomic E-state index is 0.0121. The van der Waals surface area contributed by atoms with Crippen molar-refractivity contribution in [2.45, 2.75) is 25.5 Å². The summed E-state index contributed by atoms with van der Waals surface area (Å²) < 4.78 is 4.94. The highest BCUT2D eigenvalue weighted by Crippen LogP contribution is 1.88. The molecule has 3 N–H and O–H groups in total. The minimum Gasteiger partial charge on any atom is -0.380 e. The third-order valence-electron chi connectivity index (χ3n) is 1.64. The van der Waals surface area contributed by atoms with E-state index >= 15 is 0 Å². The van der Waals surface area contributed by atoms with E-state index < -0.39 is 6.04 Å². The van der Waals surface area contributed by atoms with Crippen LogP contribution in [0.1, 0.15) is 13.3 Å². The third kappa shape index (κ3) is 5.23. The van der Waals surface area contributed by atoms with E-state index in [0.29, 0.717) is 6.54 Å². The van der Waals surface area contributed by atoms with E-state index in [9.17, 15) is 4.79 Å². The summed E-state index contributed by atoms with van der Waals surface area (Å²) in [4.78, 5) is 11.2. The van der Waals surface area contributed by atoms with E-state index in [4.69, 9.17) is 16.9 Å². The predicted molar refractivity (Wildman–Crippen MR) is 50.9 cm³/mol. The highest BCUT2D eigenvalue weighted by molar-refractivity contribution is 5.81. The van der Waals surface area contributed by atoms with Gasteiger partial charge in [0.05, 0.1) is 12.1 Å². The summed E-state index contributed by atoms with van der Waals surface area (Å²) in [5.41, 5.74) is 5.46. The number of rotatable bonds is 5. The Balaban J connectivity index is 3.69. The van der Waals surface area contributed by atoms with E-state index in [-0.39, 0.29) is 18.4 Å². The molecule has 2 atom stereocenters. The number of nitrogens with two attached hydrogens (primary N) is 1. The van der Waals surface area contributed by atoms with Crippen molar-refractivity contribution in [2.75, 3.05) is 13.7 Å². The van der Waals surface area contributed by atoms with Crippen molar-refractivity contribution in [3.05, 3.63) is 0 Å². The first-order chi connectivity index (χ1) is 6.11. The van der Waals surface area contributed by atoms with Gasteiger partial charge in [0, 0.05) is 20.1 Å². The van der Waals surface area contributed by atoms with E-state index in [1.807, 2.05) is 6.92 Å². The van der Waals surface area contributed by atoms with Gasteiger partial charge in [-0.1, -0.05) is 0 Å². The maximum absolute atomic E-state index is 11.2. The van der Waals surface area contributed by atoms with Crippen LogP contribution in [0.15, 0.2) is 0 Å². The quantitative estimate of drug-likeness (QED) is 0.565. The first-order valence-electron chi connectivity index (χ1n) is 4.11. The summed E-state index contributed by atoms with van der Waals surface area (Å²) in [7, 11) is 1.58. The van der Waals surface area contributed by atoms with Crippen LogP contribution in [0.2, 0.25) is 0 Å². The van der Waals surface area contributed by atoms with Gasteiger partial charge in [-0.3, -0.25) is 4.79 Å². The van der Waals surface area contributed by atoms with Crippen molar-refractivity contribution in [1.82, 2.24) is 5.32 Å². The molecule has 0 aliphatic rings. The Hall–Kier alpha value is -1.05. The van der Waals surface area contributed by atoms with Crippen LogP contribution in [0.3, 0.4) is 0 Å². The molecule has 4 heteroatoms. The highest BCUT2D eigenvalue weighted by atomic mass is 16.5. The maximum Gasteiger partial charge on any atom is 0.237 e. The molecule has 0 rings (SSSR count). The van der Waals surface area contributed by atoms with Crippen molar-refractivity contribution in [1.29, 1.82) is 0 Å². The Morgan fingerprint density at radius 3 is 2.85 bits per heavy atom. The first-order valence-corrected chi connectivity index (χ1v) is 4.11. The summed E-state index contributed by atoms with van der Waals surface area (Å²) in [6.45, 7) is 2.31. The number of carbonyl (C=O) groups excluding carboxylic acids is 1. The molecule has 0 aliphatic carbocycles. The molecule has 0 radical (unpaired) electrons. The summed E-state index contributed by atoms with van der Waals surface area (Å²) in [6, 6.07) is -0.617. The van der Waals surface area contributed by atoms with Crippen LogP contribution >= 0.6 is 0 Å². The fourth-order valence-electron chi connectivity index (χ4n) is 0.678. The lowest BCUT2D eigenvalue weighted by Gasteiger charge is -2.13. The molecule has 74 valence electrons. The number of methoxy groups -OCH3 is 1. The third-order valence-corrected chi connectivity index (χ3v) is 1.64. The molecule has 0 saturated heterocycles. The molecule has 0 bridgehead atoms. The lowest BCUT2D eigenvalue weighted by molar-refractivity contribution is -0.122. The van der Waals surface area contributed by atoms with Crippen molar-refractivity contribution >= 4 is 5.91 Å². The topological polar surface area (TPSA) is 64.4 Å². The molecule has 2 unspecified atom stereocenters. The lowest BCUT2D eigenvalue weighted by atomic mass is 10.2. The number of hydrogen-bond donors (Lipinski definition) is 2. The van der Waals surface area contributed by atoms with E-state index in [0.717, 1.165) is 0 Å². The summed E-state index contributed by atoms with van der Waals surface area (Å²) >= 11 is 0. The van der Waals surface area contributed by atoms with Crippen molar-refractivity contribution in [2.24, 2.45) is 5.73 Å². The first kappa shape index (κ1) is 11.9. The molecule has 0 heterocycles. The molecule has 0 aromatic heterocycles. The molecule has 0 aromatic carbocycles. The van der Waals surface area contributed by atoms with Crippen molar-refractivity contribution < 1.29 is 9.53 Å². The average molecular weight is 184 g/mol. The molecule has 0 aliphatic heterocycles. The Morgan fingerprint density at radius 1 is 1.77 bits per heavy atom. The largest absolute Gasteiger partial charge is 0.380 e. The van der Waals surface area contributed by atoms with Gasteiger partial charge in [0.25, 0.3) is 0 Å². The zero-order chi connectivity index (χ0) is 10.3. The smallest absolute Gasteiger partial charge is 0.237 e. The van der Waals surface area contributed by atoms with Crippen molar-refractivity contribution in [3.8, 4) is 12.3 Å². The fourth-order valence-corrected chi connectivity index (χ4v) is 0.678. The minimum atomic E-state index is -0.617. The Morgan fingerprint density at radius 2 is 2.38 bits per heavy atom. The summed E-state index contributed by atoms with van der Waals surface area (Å²) in [6.07, 6.45) is 5.26. The molecular weight excluding hydrogens is 168 g/mol. The molecular formula is C9H16N2O2. The van der Waals surface area contributed by atoms with E-state index in [1.54, 1.807) is 7.11 Å². The van der Waals surface area contributed by atoms with E-state index in [2.05, 4.69) is 11.2 Å². The van der Waals surface area contributed by atoms with Crippen LogP contribution < -0.4 is 11.1 Å². The number of nitrogens with one attached hydrogen (secondary N) is 1.